The standard InChI is InChI=1S/C12H9N3O/c1-2-4-9(5-3-1)16-12-11-10(6-7-13-11)14-8-15-12/h1-8,13H. The SMILES string of the molecule is c1ccc(Oc2ncnc3cc[nH]c23)cc1. The number of ether oxygens (including phenoxy) is 1. The van der Waals surface area contributed by atoms with Gasteiger partial charge >= 0.3 is 0 Å². The van der Waals surface area contributed by atoms with Crippen molar-refractivity contribution in [1.29, 1.82) is 0 Å². The van der Waals surface area contributed by atoms with Gasteiger partial charge in [0, 0.05) is 6.20 Å². The van der Waals surface area contributed by atoms with Crippen molar-refractivity contribution in [2.24, 2.45) is 0 Å². The number of para-hydroxylation sites is 1. The van der Waals surface area contributed by atoms with E-state index in [0.29, 0.717) is 5.88 Å². The second-order valence-electron chi connectivity index (χ2n) is 3.33. The van der Waals surface area contributed by atoms with Crippen molar-refractivity contribution in [3.63, 3.8) is 0 Å². The molecule has 1 N–H and O–H groups in total. The second-order valence-corrected chi connectivity index (χ2v) is 3.33. The molecule has 0 saturated carbocycles. The first-order valence-electron chi connectivity index (χ1n) is 4.94. The van der Waals surface area contributed by atoms with E-state index in [2.05, 4.69) is 15.0 Å². The van der Waals surface area contributed by atoms with Gasteiger partial charge < -0.3 is 9.72 Å². The minimum atomic E-state index is 0.543. The second kappa shape index (κ2) is 3.66. The van der Waals surface area contributed by atoms with Gasteiger partial charge in [-0.05, 0) is 18.2 Å². The van der Waals surface area contributed by atoms with Gasteiger partial charge in [-0.2, -0.15) is 4.98 Å². The number of hydrogen-bond acceptors (Lipinski definition) is 3. The van der Waals surface area contributed by atoms with Gasteiger partial charge in [0.2, 0.25) is 5.88 Å². The van der Waals surface area contributed by atoms with Crippen LogP contribution in [0.3, 0.4) is 0 Å². The van der Waals surface area contributed by atoms with Crippen LogP contribution in [0.1, 0.15) is 0 Å². The topological polar surface area (TPSA) is 50.8 Å². The Balaban J connectivity index is 2.04. The smallest absolute Gasteiger partial charge is 0.247 e. The number of hydrogen-bond donors (Lipinski definition) is 1. The zero-order valence-corrected chi connectivity index (χ0v) is 8.42. The number of H-pyrrole nitrogens is 1. The molecule has 4 heteroatoms. The van der Waals surface area contributed by atoms with Gasteiger partial charge in [0.1, 0.15) is 17.6 Å². The van der Waals surface area contributed by atoms with E-state index in [1.54, 1.807) is 0 Å². The molecule has 0 unspecified atom stereocenters. The number of benzene rings is 1. The van der Waals surface area contributed by atoms with E-state index in [0.717, 1.165) is 16.8 Å². The van der Waals surface area contributed by atoms with Crippen LogP contribution in [0.4, 0.5) is 0 Å². The van der Waals surface area contributed by atoms with Crippen molar-refractivity contribution in [3.05, 3.63) is 48.9 Å². The van der Waals surface area contributed by atoms with E-state index in [1.807, 2.05) is 42.6 Å². The van der Waals surface area contributed by atoms with Gasteiger partial charge in [-0.15, -0.1) is 0 Å². The Hall–Kier alpha value is -2.36. The maximum atomic E-state index is 5.67. The maximum Gasteiger partial charge on any atom is 0.247 e. The molecule has 0 aliphatic heterocycles. The maximum absolute atomic E-state index is 5.67. The van der Waals surface area contributed by atoms with Gasteiger partial charge in [-0.3, -0.25) is 0 Å². The summed E-state index contributed by atoms with van der Waals surface area (Å²) in [6, 6.07) is 11.4. The molecule has 0 atom stereocenters. The van der Waals surface area contributed by atoms with Crippen molar-refractivity contribution in [1.82, 2.24) is 15.0 Å². The molecule has 0 amide bonds. The Bertz CT molecular complexity index is 604. The Morgan fingerprint density at radius 1 is 1.00 bits per heavy atom. The Morgan fingerprint density at radius 3 is 2.75 bits per heavy atom. The van der Waals surface area contributed by atoms with Crippen LogP contribution in [0.2, 0.25) is 0 Å². The predicted octanol–water partition coefficient (Wildman–Crippen LogP) is 2.75. The van der Waals surface area contributed by atoms with Gasteiger partial charge in [0.15, 0.2) is 0 Å². The molecule has 3 rings (SSSR count). The number of fused-ring (bicyclic) bond motifs is 1. The minimum absolute atomic E-state index is 0.543. The molecule has 0 radical (unpaired) electrons. The minimum Gasteiger partial charge on any atom is -0.437 e. The van der Waals surface area contributed by atoms with Crippen molar-refractivity contribution in [2.75, 3.05) is 0 Å². The third kappa shape index (κ3) is 1.50. The summed E-state index contributed by atoms with van der Waals surface area (Å²) in [5, 5.41) is 0. The van der Waals surface area contributed by atoms with Crippen LogP contribution in [0.15, 0.2) is 48.9 Å². The van der Waals surface area contributed by atoms with E-state index in [4.69, 9.17) is 4.74 Å². The zero-order chi connectivity index (χ0) is 10.8. The first-order valence-corrected chi connectivity index (χ1v) is 4.94. The van der Waals surface area contributed by atoms with Crippen LogP contribution in [0.5, 0.6) is 11.6 Å². The monoisotopic (exact) mass is 211 g/mol. The van der Waals surface area contributed by atoms with E-state index in [9.17, 15) is 0 Å². The molecular formula is C12H9N3O. The summed E-state index contributed by atoms with van der Waals surface area (Å²) in [5.41, 5.74) is 1.66. The van der Waals surface area contributed by atoms with Crippen molar-refractivity contribution >= 4 is 11.0 Å². The number of aromatic nitrogens is 3. The lowest BCUT2D eigenvalue weighted by molar-refractivity contribution is 0.467. The molecular weight excluding hydrogens is 202 g/mol. The average molecular weight is 211 g/mol. The highest BCUT2D eigenvalue weighted by Crippen LogP contribution is 2.24. The number of nitrogens with zero attached hydrogens (tertiary/aromatic N) is 2. The normalized spacial score (nSPS) is 10.5. The lowest BCUT2D eigenvalue weighted by Crippen LogP contribution is -1.90. The Labute approximate surface area is 91.9 Å². The Morgan fingerprint density at radius 2 is 1.88 bits per heavy atom. The summed E-state index contributed by atoms with van der Waals surface area (Å²) in [6.45, 7) is 0. The summed E-state index contributed by atoms with van der Waals surface area (Å²) in [6.07, 6.45) is 3.31. The van der Waals surface area contributed by atoms with Crippen molar-refractivity contribution < 1.29 is 4.74 Å². The fraction of sp³-hybridized carbons (Fsp3) is 0. The summed E-state index contributed by atoms with van der Waals surface area (Å²) in [7, 11) is 0. The highest BCUT2D eigenvalue weighted by molar-refractivity contribution is 5.79. The third-order valence-corrected chi connectivity index (χ3v) is 2.27. The molecule has 2 heterocycles. The molecule has 16 heavy (non-hydrogen) atoms. The Kier molecular flexibility index (Phi) is 2.04. The van der Waals surface area contributed by atoms with Crippen LogP contribution >= 0.6 is 0 Å². The van der Waals surface area contributed by atoms with E-state index in [-0.39, 0.29) is 0 Å². The average Bonchev–Trinajstić information content (AvgIpc) is 2.80. The van der Waals surface area contributed by atoms with Crippen LogP contribution in [-0.4, -0.2) is 15.0 Å². The summed E-state index contributed by atoms with van der Waals surface area (Å²) in [5.74, 6) is 1.30. The van der Waals surface area contributed by atoms with Crippen LogP contribution in [0.25, 0.3) is 11.0 Å². The largest absolute Gasteiger partial charge is 0.437 e. The number of nitrogens with one attached hydrogen (secondary N) is 1. The van der Waals surface area contributed by atoms with Crippen LogP contribution in [0, 0.1) is 0 Å². The first-order chi connectivity index (χ1) is 7.93. The lowest BCUT2D eigenvalue weighted by Gasteiger charge is -2.04. The fourth-order valence-corrected chi connectivity index (χ4v) is 1.53. The predicted molar refractivity (Wildman–Crippen MR) is 60.4 cm³/mol. The summed E-state index contributed by atoms with van der Waals surface area (Å²) >= 11 is 0. The van der Waals surface area contributed by atoms with E-state index < -0.39 is 0 Å². The van der Waals surface area contributed by atoms with Gasteiger partial charge in [-0.1, -0.05) is 18.2 Å². The van der Waals surface area contributed by atoms with Gasteiger partial charge in [0.05, 0.1) is 5.52 Å². The van der Waals surface area contributed by atoms with Gasteiger partial charge in [0.25, 0.3) is 0 Å². The molecule has 3 aromatic rings. The summed E-state index contributed by atoms with van der Waals surface area (Å²) in [4.78, 5) is 11.3. The number of rotatable bonds is 2. The van der Waals surface area contributed by atoms with E-state index >= 15 is 0 Å². The van der Waals surface area contributed by atoms with Crippen LogP contribution < -0.4 is 4.74 Å². The molecule has 78 valence electrons. The highest BCUT2D eigenvalue weighted by Gasteiger charge is 2.05. The van der Waals surface area contributed by atoms with Crippen molar-refractivity contribution in [3.8, 4) is 11.6 Å². The van der Waals surface area contributed by atoms with Gasteiger partial charge in [-0.25, -0.2) is 4.98 Å². The lowest BCUT2D eigenvalue weighted by atomic mass is 10.3. The molecule has 0 spiro atoms. The zero-order valence-electron chi connectivity index (χ0n) is 8.42. The molecule has 0 saturated heterocycles. The van der Waals surface area contributed by atoms with E-state index in [1.165, 1.54) is 6.33 Å². The first kappa shape index (κ1) is 8.91. The quantitative estimate of drug-likeness (QED) is 0.709. The molecule has 0 aliphatic carbocycles. The molecule has 0 aliphatic rings. The molecule has 0 bridgehead atoms. The van der Waals surface area contributed by atoms with Crippen molar-refractivity contribution in [2.45, 2.75) is 0 Å². The molecule has 1 aromatic carbocycles. The molecule has 0 fully saturated rings. The number of aromatic amines is 1. The van der Waals surface area contributed by atoms with Crippen LogP contribution in [-0.2, 0) is 0 Å². The third-order valence-electron chi connectivity index (χ3n) is 2.27. The fourth-order valence-electron chi connectivity index (χ4n) is 1.53. The highest BCUT2D eigenvalue weighted by atomic mass is 16.5. The molecule has 2 aromatic heterocycles. The summed E-state index contributed by atoms with van der Waals surface area (Å²) < 4.78 is 5.67. The molecule has 4 nitrogen and oxygen atoms in total.